The lowest BCUT2D eigenvalue weighted by Crippen LogP contribution is -2.14. The number of carbonyl (C=O) groups is 1. The number of benzene rings is 2. The summed E-state index contributed by atoms with van der Waals surface area (Å²) in [6.45, 7) is 0.519. The van der Waals surface area contributed by atoms with Crippen LogP contribution < -0.4 is 21.5 Å². The Morgan fingerprint density at radius 1 is 1.29 bits per heavy atom. The molecule has 0 aliphatic carbocycles. The lowest BCUT2D eigenvalue weighted by atomic mass is 10.1. The minimum atomic E-state index is -0.473. The first-order chi connectivity index (χ1) is 10.0. The van der Waals surface area contributed by atoms with Gasteiger partial charge in [-0.25, -0.2) is 0 Å². The predicted molar refractivity (Wildman–Crippen MR) is 87.4 cm³/mol. The summed E-state index contributed by atoms with van der Waals surface area (Å²) in [6, 6.07) is 10.8. The second-order valence-corrected chi connectivity index (χ2v) is 5.40. The van der Waals surface area contributed by atoms with E-state index in [1.54, 1.807) is 19.2 Å². The van der Waals surface area contributed by atoms with Gasteiger partial charge in [-0.1, -0.05) is 22.0 Å². The third-order valence-corrected chi connectivity index (χ3v) is 3.52. The highest BCUT2D eigenvalue weighted by Gasteiger charge is 2.09. The molecule has 2 rings (SSSR count). The number of halogens is 1. The van der Waals surface area contributed by atoms with Crippen LogP contribution in [0.1, 0.15) is 15.9 Å². The second-order valence-electron chi connectivity index (χ2n) is 4.48. The van der Waals surface area contributed by atoms with Crippen molar-refractivity contribution in [2.45, 2.75) is 6.54 Å². The van der Waals surface area contributed by atoms with Crippen LogP contribution in [0.4, 0.5) is 11.4 Å². The van der Waals surface area contributed by atoms with E-state index in [1.165, 1.54) is 0 Å². The number of carbonyl (C=O) groups excluding carboxylic acids is 1. The van der Waals surface area contributed by atoms with Gasteiger partial charge in [0.05, 0.1) is 18.4 Å². The standard InChI is InChI=1S/C15H16BrN3O2/c1-21-14-5-2-9(6-12(14)17)8-19-13-7-10(16)3-4-11(13)15(18)20/h2-7,19H,8,17H2,1H3,(H2,18,20). The minimum Gasteiger partial charge on any atom is -0.495 e. The number of hydrogen-bond donors (Lipinski definition) is 3. The molecule has 5 nitrogen and oxygen atoms in total. The van der Waals surface area contributed by atoms with Gasteiger partial charge in [-0.3, -0.25) is 4.79 Å². The van der Waals surface area contributed by atoms with Gasteiger partial charge >= 0.3 is 0 Å². The van der Waals surface area contributed by atoms with Gasteiger partial charge in [0.25, 0.3) is 5.91 Å². The van der Waals surface area contributed by atoms with Crippen molar-refractivity contribution in [3.8, 4) is 5.75 Å². The number of nitrogens with two attached hydrogens (primary N) is 2. The molecule has 0 radical (unpaired) electrons. The molecular weight excluding hydrogens is 334 g/mol. The Bertz CT molecular complexity index is 674. The van der Waals surface area contributed by atoms with E-state index in [2.05, 4.69) is 21.2 Å². The molecule has 0 aliphatic heterocycles. The number of ether oxygens (including phenoxy) is 1. The van der Waals surface area contributed by atoms with E-state index in [1.807, 2.05) is 24.3 Å². The van der Waals surface area contributed by atoms with Crippen LogP contribution in [0.15, 0.2) is 40.9 Å². The molecule has 0 atom stereocenters. The molecule has 0 bridgehead atoms. The summed E-state index contributed by atoms with van der Waals surface area (Å²) in [5, 5.41) is 3.19. The third kappa shape index (κ3) is 3.66. The summed E-state index contributed by atoms with van der Waals surface area (Å²) < 4.78 is 5.98. The van der Waals surface area contributed by atoms with Gasteiger partial charge in [0.2, 0.25) is 0 Å². The molecule has 0 unspecified atom stereocenters. The van der Waals surface area contributed by atoms with E-state index in [-0.39, 0.29) is 0 Å². The second kappa shape index (κ2) is 6.49. The Morgan fingerprint density at radius 3 is 2.67 bits per heavy atom. The monoisotopic (exact) mass is 349 g/mol. The maximum Gasteiger partial charge on any atom is 0.250 e. The van der Waals surface area contributed by atoms with Crippen molar-refractivity contribution in [1.82, 2.24) is 0 Å². The quantitative estimate of drug-likeness (QED) is 0.724. The summed E-state index contributed by atoms with van der Waals surface area (Å²) in [5.41, 5.74) is 13.9. The van der Waals surface area contributed by atoms with E-state index >= 15 is 0 Å². The summed E-state index contributed by atoms with van der Waals surface area (Å²) >= 11 is 3.37. The highest BCUT2D eigenvalue weighted by atomic mass is 79.9. The van der Waals surface area contributed by atoms with Gasteiger partial charge in [0.1, 0.15) is 5.75 Å². The van der Waals surface area contributed by atoms with Crippen molar-refractivity contribution >= 4 is 33.2 Å². The SMILES string of the molecule is COc1ccc(CNc2cc(Br)ccc2C(N)=O)cc1N. The molecule has 0 aromatic heterocycles. The third-order valence-electron chi connectivity index (χ3n) is 3.02. The highest BCUT2D eigenvalue weighted by molar-refractivity contribution is 9.10. The molecule has 2 aromatic rings. The number of hydrogen-bond acceptors (Lipinski definition) is 4. The van der Waals surface area contributed by atoms with Crippen molar-refractivity contribution < 1.29 is 9.53 Å². The topological polar surface area (TPSA) is 90.4 Å². The average Bonchev–Trinajstić information content (AvgIpc) is 2.45. The van der Waals surface area contributed by atoms with E-state index in [0.717, 1.165) is 10.0 Å². The Balaban J connectivity index is 2.18. The fraction of sp³-hybridized carbons (Fsp3) is 0.133. The van der Waals surface area contributed by atoms with E-state index in [9.17, 15) is 4.79 Å². The molecule has 0 saturated heterocycles. The van der Waals surface area contributed by atoms with Crippen molar-refractivity contribution in [3.05, 3.63) is 52.0 Å². The predicted octanol–water partition coefficient (Wildman–Crippen LogP) is 2.75. The molecule has 110 valence electrons. The summed E-state index contributed by atoms with van der Waals surface area (Å²) in [6.07, 6.45) is 0. The van der Waals surface area contributed by atoms with Crippen molar-refractivity contribution in [3.63, 3.8) is 0 Å². The molecule has 2 aromatic carbocycles. The summed E-state index contributed by atoms with van der Waals surface area (Å²) in [5.74, 6) is 0.165. The van der Waals surface area contributed by atoms with Gasteiger partial charge in [0.15, 0.2) is 0 Å². The molecule has 5 N–H and O–H groups in total. The van der Waals surface area contributed by atoms with Crippen LogP contribution in [0.5, 0.6) is 5.75 Å². The number of amides is 1. The fourth-order valence-electron chi connectivity index (χ4n) is 1.97. The lowest BCUT2D eigenvalue weighted by Gasteiger charge is -2.12. The zero-order valence-electron chi connectivity index (χ0n) is 11.5. The number of nitrogens with one attached hydrogen (secondary N) is 1. The number of nitrogen functional groups attached to an aromatic ring is 1. The molecular formula is C15H16BrN3O2. The zero-order valence-corrected chi connectivity index (χ0v) is 13.1. The van der Waals surface area contributed by atoms with Crippen LogP contribution in [0, 0.1) is 0 Å². The Kier molecular flexibility index (Phi) is 4.70. The van der Waals surface area contributed by atoms with Gasteiger partial charge in [-0.2, -0.15) is 0 Å². The molecule has 21 heavy (non-hydrogen) atoms. The number of rotatable bonds is 5. The highest BCUT2D eigenvalue weighted by Crippen LogP contribution is 2.24. The molecule has 0 aliphatic rings. The first-order valence-electron chi connectivity index (χ1n) is 6.27. The van der Waals surface area contributed by atoms with Gasteiger partial charge in [-0.15, -0.1) is 0 Å². The maximum absolute atomic E-state index is 11.4. The van der Waals surface area contributed by atoms with Gasteiger partial charge in [0, 0.05) is 16.7 Å². The minimum absolute atomic E-state index is 0.444. The van der Waals surface area contributed by atoms with Gasteiger partial charge in [-0.05, 0) is 35.9 Å². The first kappa shape index (κ1) is 15.2. The van der Waals surface area contributed by atoms with Crippen molar-refractivity contribution in [2.75, 3.05) is 18.2 Å². The van der Waals surface area contributed by atoms with E-state index in [0.29, 0.717) is 29.2 Å². The zero-order chi connectivity index (χ0) is 15.4. The molecule has 0 fully saturated rings. The fourth-order valence-corrected chi connectivity index (χ4v) is 2.33. The molecule has 1 amide bonds. The molecule has 6 heteroatoms. The first-order valence-corrected chi connectivity index (χ1v) is 7.06. The lowest BCUT2D eigenvalue weighted by molar-refractivity contribution is 0.100. The maximum atomic E-state index is 11.4. The smallest absolute Gasteiger partial charge is 0.250 e. The molecule has 0 saturated carbocycles. The number of anilines is 2. The van der Waals surface area contributed by atoms with Crippen LogP contribution >= 0.6 is 15.9 Å². The largest absolute Gasteiger partial charge is 0.495 e. The van der Waals surface area contributed by atoms with Crippen molar-refractivity contribution in [1.29, 1.82) is 0 Å². The van der Waals surface area contributed by atoms with Crippen LogP contribution in [0.25, 0.3) is 0 Å². The van der Waals surface area contributed by atoms with Crippen LogP contribution in [-0.2, 0) is 6.54 Å². The normalized spacial score (nSPS) is 10.2. The Labute approximate surface area is 131 Å². The van der Waals surface area contributed by atoms with Gasteiger partial charge < -0.3 is 21.5 Å². The van der Waals surface area contributed by atoms with E-state index < -0.39 is 5.91 Å². The van der Waals surface area contributed by atoms with E-state index in [4.69, 9.17) is 16.2 Å². The number of primary amides is 1. The van der Waals surface area contributed by atoms with Crippen LogP contribution in [0.3, 0.4) is 0 Å². The molecule has 0 heterocycles. The van der Waals surface area contributed by atoms with Crippen molar-refractivity contribution in [2.24, 2.45) is 5.73 Å². The van der Waals surface area contributed by atoms with Crippen LogP contribution in [0.2, 0.25) is 0 Å². The van der Waals surface area contributed by atoms with Crippen LogP contribution in [-0.4, -0.2) is 13.0 Å². The Morgan fingerprint density at radius 2 is 2.05 bits per heavy atom. The summed E-state index contributed by atoms with van der Waals surface area (Å²) in [4.78, 5) is 11.4. The number of methoxy groups -OCH3 is 1. The summed E-state index contributed by atoms with van der Waals surface area (Å²) in [7, 11) is 1.57. The average molecular weight is 350 g/mol. The molecule has 0 spiro atoms. The Hall–Kier alpha value is -2.21.